The molecule has 0 aromatic carbocycles. The van der Waals surface area contributed by atoms with Gasteiger partial charge in [-0.2, -0.15) is 0 Å². The van der Waals surface area contributed by atoms with E-state index in [0.29, 0.717) is 13.1 Å². The molecule has 0 unspecified atom stereocenters. The molecular formula is C7H9IN2O2. The molecule has 1 fully saturated rings. The first kappa shape index (κ1) is 8.31. The Morgan fingerprint density at radius 3 is 2.75 bits per heavy atom. The molecule has 2 aliphatic heterocycles. The van der Waals surface area contributed by atoms with Crippen LogP contribution in [0.3, 0.4) is 0 Å². The molecular weight excluding hydrogens is 271 g/mol. The van der Waals surface area contributed by atoms with Crippen LogP contribution in [0.5, 0.6) is 0 Å². The molecule has 2 N–H and O–H groups in total. The summed E-state index contributed by atoms with van der Waals surface area (Å²) in [6.07, 6.45) is 0. The van der Waals surface area contributed by atoms with E-state index in [2.05, 4.69) is 33.2 Å². The van der Waals surface area contributed by atoms with Crippen LogP contribution in [0.2, 0.25) is 0 Å². The second-order valence-corrected chi connectivity index (χ2v) is 4.03. The van der Waals surface area contributed by atoms with Gasteiger partial charge in [0.2, 0.25) is 5.60 Å². The summed E-state index contributed by atoms with van der Waals surface area (Å²) in [6.45, 7) is 3.05. The molecule has 66 valence electrons. The third-order valence-electron chi connectivity index (χ3n) is 2.12. The maximum absolute atomic E-state index is 11.4. The average Bonchev–Trinajstić information content (AvgIpc) is 1.93. The van der Waals surface area contributed by atoms with Crippen molar-refractivity contribution in [1.29, 1.82) is 0 Å². The summed E-state index contributed by atoms with van der Waals surface area (Å²) in [7, 11) is 0. The van der Waals surface area contributed by atoms with E-state index >= 15 is 0 Å². The third kappa shape index (κ3) is 1.03. The number of nitrogens with one attached hydrogen (secondary N) is 2. The van der Waals surface area contributed by atoms with Crippen LogP contribution in [0.1, 0.15) is 6.92 Å². The summed E-state index contributed by atoms with van der Waals surface area (Å²) < 4.78 is 6.31. The van der Waals surface area contributed by atoms with Gasteiger partial charge in [0.05, 0.1) is 5.70 Å². The lowest BCUT2D eigenvalue weighted by Gasteiger charge is -2.43. The van der Waals surface area contributed by atoms with Crippen molar-refractivity contribution in [3.8, 4) is 0 Å². The van der Waals surface area contributed by atoms with Gasteiger partial charge in [-0.25, -0.2) is 0 Å². The molecule has 2 aliphatic rings. The van der Waals surface area contributed by atoms with Gasteiger partial charge in [0, 0.05) is 35.7 Å². The number of rotatable bonds is 0. The monoisotopic (exact) mass is 280 g/mol. The van der Waals surface area contributed by atoms with Crippen molar-refractivity contribution in [2.24, 2.45) is 0 Å². The molecule has 0 aromatic rings. The number of carbonyl (C=O) groups excluding carboxylic acids is 1. The number of ether oxygens (including phenoxy) is 1. The highest BCUT2D eigenvalue weighted by Gasteiger charge is 2.49. The third-order valence-corrected chi connectivity index (χ3v) is 3.15. The first-order valence-electron chi connectivity index (χ1n) is 3.72. The van der Waals surface area contributed by atoms with Gasteiger partial charge >= 0.3 is 0 Å². The lowest BCUT2D eigenvalue weighted by atomic mass is 9.95. The van der Waals surface area contributed by atoms with E-state index in [1.165, 1.54) is 0 Å². The minimum Gasteiger partial charge on any atom is -0.467 e. The number of carbonyl (C=O) groups is 1. The summed E-state index contributed by atoms with van der Waals surface area (Å²) in [5.74, 6) is -0.0285. The lowest BCUT2D eigenvalue weighted by Crippen LogP contribution is -2.69. The highest BCUT2D eigenvalue weighted by atomic mass is 127. The molecule has 4 nitrogen and oxygen atoms in total. The molecule has 0 saturated carbocycles. The fraction of sp³-hybridized carbons (Fsp3) is 0.571. The number of amides is 1. The fourth-order valence-electron chi connectivity index (χ4n) is 1.21. The largest absolute Gasteiger partial charge is 0.467 e. The number of halogens is 1. The predicted molar refractivity (Wildman–Crippen MR) is 51.5 cm³/mol. The zero-order valence-electron chi connectivity index (χ0n) is 6.61. The Bertz CT molecular complexity index is 271. The van der Waals surface area contributed by atoms with Crippen LogP contribution in [0.4, 0.5) is 0 Å². The second-order valence-electron chi connectivity index (χ2n) is 3.05. The zero-order valence-corrected chi connectivity index (χ0v) is 8.77. The van der Waals surface area contributed by atoms with E-state index in [-0.39, 0.29) is 5.91 Å². The van der Waals surface area contributed by atoms with Gasteiger partial charge in [-0.05, 0) is 6.92 Å². The van der Waals surface area contributed by atoms with Crippen molar-refractivity contribution in [3.63, 3.8) is 0 Å². The normalized spacial score (nSPS) is 26.3. The minimum atomic E-state index is -0.615. The Kier molecular flexibility index (Phi) is 1.80. The molecule has 0 aromatic heterocycles. The van der Waals surface area contributed by atoms with Crippen LogP contribution in [0.25, 0.3) is 0 Å². The highest BCUT2D eigenvalue weighted by molar-refractivity contribution is 14.1. The summed E-state index contributed by atoms with van der Waals surface area (Å²) >= 11 is 2.09. The molecule has 2 rings (SSSR count). The van der Waals surface area contributed by atoms with Crippen molar-refractivity contribution in [1.82, 2.24) is 10.6 Å². The molecule has 1 amide bonds. The van der Waals surface area contributed by atoms with Crippen LogP contribution in [0, 0.1) is 0 Å². The van der Waals surface area contributed by atoms with Crippen LogP contribution < -0.4 is 10.6 Å². The summed E-state index contributed by atoms with van der Waals surface area (Å²) in [4.78, 5) is 11.4. The Morgan fingerprint density at radius 1 is 1.58 bits per heavy atom. The van der Waals surface area contributed by atoms with Gasteiger partial charge in [-0.15, -0.1) is 0 Å². The first-order valence-corrected chi connectivity index (χ1v) is 4.79. The molecule has 2 heterocycles. The van der Waals surface area contributed by atoms with Gasteiger partial charge in [0.1, 0.15) is 0 Å². The first-order chi connectivity index (χ1) is 5.64. The van der Waals surface area contributed by atoms with E-state index in [0.717, 1.165) is 9.46 Å². The molecule has 0 aliphatic carbocycles. The van der Waals surface area contributed by atoms with E-state index < -0.39 is 5.60 Å². The van der Waals surface area contributed by atoms with Gasteiger partial charge < -0.3 is 15.4 Å². The van der Waals surface area contributed by atoms with Crippen LogP contribution >= 0.6 is 22.6 Å². The van der Waals surface area contributed by atoms with Gasteiger partial charge in [0.15, 0.2) is 3.77 Å². The maximum Gasteiger partial charge on any atom is 0.271 e. The molecule has 5 heteroatoms. The molecule has 0 atom stereocenters. The van der Waals surface area contributed by atoms with Gasteiger partial charge in [0.25, 0.3) is 5.91 Å². The quantitative estimate of drug-likeness (QED) is 0.619. The van der Waals surface area contributed by atoms with Crippen molar-refractivity contribution in [3.05, 3.63) is 9.46 Å². The van der Waals surface area contributed by atoms with E-state index in [1.807, 2.05) is 6.92 Å². The topological polar surface area (TPSA) is 50.4 Å². The van der Waals surface area contributed by atoms with Gasteiger partial charge in [-0.1, -0.05) is 0 Å². The molecule has 1 spiro atoms. The minimum absolute atomic E-state index is 0.0285. The van der Waals surface area contributed by atoms with Crippen LogP contribution in [-0.4, -0.2) is 24.6 Å². The van der Waals surface area contributed by atoms with Crippen molar-refractivity contribution >= 4 is 28.5 Å². The van der Waals surface area contributed by atoms with Crippen molar-refractivity contribution in [2.75, 3.05) is 13.1 Å². The van der Waals surface area contributed by atoms with Crippen molar-refractivity contribution in [2.45, 2.75) is 12.5 Å². The van der Waals surface area contributed by atoms with E-state index in [1.54, 1.807) is 0 Å². The predicted octanol–water partition coefficient (Wildman–Crippen LogP) is 0.0988. The lowest BCUT2D eigenvalue weighted by molar-refractivity contribution is -0.148. The van der Waals surface area contributed by atoms with E-state index in [4.69, 9.17) is 4.74 Å². The Labute approximate surface area is 83.9 Å². The number of hydrogen-bond acceptors (Lipinski definition) is 3. The van der Waals surface area contributed by atoms with Crippen molar-refractivity contribution < 1.29 is 9.53 Å². The summed E-state index contributed by atoms with van der Waals surface area (Å²) in [5.41, 5.74) is 0.189. The standard InChI is InChI=1S/C7H9IN2O2/c1-4-5(8)12-7(2-9-3-7)6(11)10-4/h9H,2-3H2,1H3,(H,10,11). The van der Waals surface area contributed by atoms with Gasteiger partial charge in [-0.3, -0.25) is 4.79 Å². The maximum atomic E-state index is 11.4. The Hall–Kier alpha value is -0.300. The Balaban J connectivity index is 2.26. The fourth-order valence-corrected chi connectivity index (χ4v) is 1.77. The molecule has 0 bridgehead atoms. The molecule has 1 saturated heterocycles. The molecule has 12 heavy (non-hydrogen) atoms. The van der Waals surface area contributed by atoms with Crippen LogP contribution in [0.15, 0.2) is 9.46 Å². The zero-order chi connectivity index (χ0) is 8.77. The Morgan fingerprint density at radius 2 is 2.25 bits per heavy atom. The number of allylic oxidation sites excluding steroid dienone is 1. The smallest absolute Gasteiger partial charge is 0.271 e. The SMILES string of the molecule is CC1=C(I)OC2(CNC2)C(=O)N1. The van der Waals surface area contributed by atoms with E-state index in [9.17, 15) is 4.79 Å². The van der Waals surface area contributed by atoms with Crippen LogP contribution in [-0.2, 0) is 9.53 Å². The summed E-state index contributed by atoms with van der Waals surface area (Å²) in [6, 6.07) is 0. The second kappa shape index (κ2) is 2.59. The average molecular weight is 280 g/mol. The number of hydrogen-bond donors (Lipinski definition) is 2. The molecule has 0 radical (unpaired) electrons. The summed E-state index contributed by atoms with van der Waals surface area (Å²) in [5, 5.41) is 5.82. The highest BCUT2D eigenvalue weighted by Crippen LogP contribution is 2.29.